The molecule has 1 atom stereocenters. The van der Waals surface area contributed by atoms with E-state index in [1.807, 2.05) is 4.90 Å². The van der Waals surface area contributed by atoms with Gasteiger partial charge in [-0.25, -0.2) is 4.68 Å². The SMILES string of the molecule is C[C@H]1CN(C(=O)Cn2cnnn2)CCN1. The molecule has 1 aromatic heterocycles. The van der Waals surface area contributed by atoms with Crippen LogP contribution in [0, 0.1) is 0 Å². The van der Waals surface area contributed by atoms with E-state index in [-0.39, 0.29) is 12.5 Å². The van der Waals surface area contributed by atoms with Crippen LogP contribution < -0.4 is 5.32 Å². The highest BCUT2D eigenvalue weighted by molar-refractivity contribution is 5.76. The average Bonchev–Trinajstić information content (AvgIpc) is 2.70. The molecule has 82 valence electrons. The van der Waals surface area contributed by atoms with Gasteiger partial charge in [-0.1, -0.05) is 0 Å². The lowest BCUT2D eigenvalue weighted by Gasteiger charge is -2.31. The number of amides is 1. The van der Waals surface area contributed by atoms with E-state index >= 15 is 0 Å². The smallest absolute Gasteiger partial charge is 0.244 e. The van der Waals surface area contributed by atoms with Gasteiger partial charge in [0.2, 0.25) is 5.91 Å². The van der Waals surface area contributed by atoms with Gasteiger partial charge in [-0.2, -0.15) is 0 Å². The molecule has 0 saturated carbocycles. The van der Waals surface area contributed by atoms with Gasteiger partial charge in [-0.05, 0) is 17.4 Å². The van der Waals surface area contributed by atoms with E-state index in [1.165, 1.54) is 11.0 Å². The summed E-state index contributed by atoms with van der Waals surface area (Å²) in [6.07, 6.45) is 1.45. The van der Waals surface area contributed by atoms with E-state index < -0.39 is 0 Å². The molecule has 1 aliphatic heterocycles. The van der Waals surface area contributed by atoms with Crippen LogP contribution in [0.25, 0.3) is 0 Å². The summed E-state index contributed by atoms with van der Waals surface area (Å²) >= 11 is 0. The highest BCUT2D eigenvalue weighted by Gasteiger charge is 2.20. The van der Waals surface area contributed by atoms with Crippen molar-refractivity contribution in [2.45, 2.75) is 19.5 Å². The standard InChI is InChI=1S/C8H14N6O/c1-7-4-13(3-2-9-7)8(15)5-14-6-10-11-12-14/h6-7,9H,2-5H2,1H3/t7-/m0/s1. The summed E-state index contributed by atoms with van der Waals surface area (Å²) in [7, 11) is 0. The van der Waals surface area contributed by atoms with Crippen molar-refractivity contribution in [3.8, 4) is 0 Å². The van der Waals surface area contributed by atoms with E-state index in [0.717, 1.165) is 19.6 Å². The van der Waals surface area contributed by atoms with Gasteiger partial charge in [0, 0.05) is 25.7 Å². The first kappa shape index (κ1) is 10.0. The fourth-order valence-electron chi connectivity index (χ4n) is 1.65. The number of tetrazole rings is 1. The maximum absolute atomic E-state index is 11.8. The molecule has 0 unspecified atom stereocenters. The number of hydrogen-bond donors (Lipinski definition) is 1. The average molecular weight is 210 g/mol. The van der Waals surface area contributed by atoms with Gasteiger partial charge in [0.1, 0.15) is 12.9 Å². The molecule has 0 spiro atoms. The Morgan fingerprint density at radius 1 is 1.67 bits per heavy atom. The van der Waals surface area contributed by atoms with Crippen molar-refractivity contribution in [2.24, 2.45) is 0 Å². The third-order valence-electron chi connectivity index (χ3n) is 2.41. The molecule has 7 nitrogen and oxygen atoms in total. The zero-order chi connectivity index (χ0) is 10.7. The fraction of sp³-hybridized carbons (Fsp3) is 0.750. The van der Waals surface area contributed by atoms with Crippen molar-refractivity contribution >= 4 is 5.91 Å². The Balaban J connectivity index is 1.90. The molecule has 1 saturated heterocycles. The summed E-state index contributed by atoms with van der Waals surface area (Å²) in [5.41, 5.74) is 0. The third kappa shape index (κ3) is 2.50. The van der Waals surface area contributed by atoms with Gasteiger partial charge >= 0.3 is 0 Å². The lowest BCUT2D eigenvalue weighted by Crippen LogP contribution is -2.52. The second-order valence-corrected chi connectivity index (χ2v) is 3.70. The summed E-state index contributed by atoms with van der Waals surface area (Å²) in [6.45, 7) is 4.64. The van der Waals surface area contributed by atoms with Crippen LogP contribution in [0.4, 0.5) is 0 Å². The number of hydrogen-bond acceptors (Lipinski definition) is 5. The van der Waals surface area contributed by atoms with Crippen LogP contribution >= 0.6 is 0 Å². The Kier molecular flexibility index (Phi) is 2.91. The van der Waals surface area contributed by atoms with Crippen LogP contribution in [-0.4, -0.2) is 56.7 Å². The molecule has 1 fully saturated rings. The quantitative estimate of drug-likeness (QED) is 0.642. The molecule has 2 heterocycles. The van der Waals surface area contributed by atoms with Gasteiger partial charge in [0.15, 0.2) is 0 Å². The number of nitrogens with zero attached hydrogens (tertiary/aromatic N) is 5. The number of rotatable bonds is 2. The highest BCUT2D eigenvalue weighted by Crippen LogP contribution is 2.00. The minimum absolute atomic E-state index is 0.0654. The Labute approximate surface area is 87.4 Å². The number of nitrogens with one attached hydrogen (secondary N) is 1. The van der Waals surface area contributed by atoms with Crippen LogP contribution in [0.5, 0.6) is 0 Å². The molecule has 0 radical (unpaired) electrons. The van der Waals surface area contributed by atoms with Crippen molar-refractivity contribution in [2.75, 3.05) is 19.6 Å². The van der Waals surface area contributed by atoms with Gasteiger partial charge in [-0.3, -0.25) is 4.79 Å². The molecular weight excluding hydrogens is 196 g/mol. The van der Waals surface area contributed by atoms with Gasteiger partial charge in [0.05, 0.1) is 0 Å². The fourth-order valence-corrected chi connectivity index (χ4v) is 1.65. The summed E-state index contributed by atoms with van der Waals surface area (Å²) in [5, 5.41) is 13.9. The topological polar surface area (TPSA) is 75.9 Å². The normalized spacial score (nSPS) is 21.7. The van der Waals surface area contributed by atoms with Crippen LogP contribution in [0.3, 0.4) is 0 Å². The number of piperazine rings is 1. The van der Waals surface area contributed by atoms with E-state index in [9.17, 15) is 4.79 Å². The van der Waals surface area contributed by atoms with Crippen molar-refractivity contribution in [1.82, 2.24) is 30.4 Å². The second-order valence-electron chi connectivity index (χ2n) is 3.70. The Bertz CT molecular complexity index is 324. The summed E-state index contributed by atoms with van der Waals surface area (Å²) in [4.78, 5) is 13.6. The molecule has 0 aromatic carbocycles. The molecule has 1 N–H and O–H groups in total. The van der Waals surface area contributed by atoms with Crippen molar-refractivity contribution < 1.29 is 4.79 Å². The van der Waals surface area contributed by atoms with Crippen LogP contribution in [-0.2, 0) is 11.3 Å². The number of carbonyl (C=O) groups excluding carboxylic acids is 1. The van der Waals surface area contributed by atoms with Gasteiger partial charge in [-0.15, -0.1) is 5.10 Å². The van der Waals surface area contributed by atoms with Crippen molar-refractivity contribution in [1.29, 1.82) is 0 Å². The van der Waals surface area contributed by atoms with Gasteiger partial charge in [0.25, 0.3) is 0 Å². The highest BCUT2D eigenvalue weighted by atomic mass is 16.2. The Morgan fingerprint density at radius 2 is 2.53 bits per heavy atom. The molecule has 15 heavy (non-hydrogen) atoms. The monoisotopic (exact) mass is 210 g/mol. The predicted octanol–water partition coefficient (Wildman–Crippen LogP) is -1.51. The molecule has 0 aliphatic carbocycles. The zero-order valence-electron chi connectivity index (χ0n) is 8.63. The van der Waals surface area contributed by atoms with E-state index in [0.29, 0.717) is 6.04 Å². The third-order valence-corrected chi connectivity index (χ3v) is 2.41. The molecular formula is C8H14N6O. The van der Waals surface area contributed by atoms with E-state index in [4.69, 9.17) is 0 Å². The minimum Gasteiger partial charge on any atom is -0.338 e. The largest absolute Gasteiger partial charge is 0.338 e. The van der Waals surface area contributed by atoms with Crippen LogP contribution in [0.15, 0.2) is 6.33 Å². The van der Waals surface area contributed by atoms with Crippen molar-refractivity contribution in [3.63, 3.8) is 0 Å². The Morgan fingerprint density at radius 3 is 3.20 bits per heavy atom. The molecule has 2 rings (SSSR count). The lowest BCUT2D eigenvalue weighted by molar-refractivity contribution is -0.133. The van der Waals surface area contributed by atoms with E-state index in [2.05, 4.69) is 27.8 Å². The minimum atomic E-state index is 0.0654. The zero-order valence-corrected chi connectivity index (χ0v) is 8.63. The number of carbonyl (C=O) groups is 1. The van der Waals surface area contributed by atoms with Crippen LogP contribution in [0.1, 0.15) is 6.92 Å². The molecule has 1 amide bonds. The second kappa shape index (κ2) is 4.35. The molecule has 0 bridgehead atoms. The van der Waals surface area contributed by atoms with Crippen molar-refractivity contribution in [3.05, 3.63) is 6.33 Å². The maximum atomic E-state index is 11.8. The summed E-state index contributed by atoms with van der Waals surface area (Å²) < 4.78 is 1.44. The molecule has 7 heteroatoms. The van der Waals surface area contributed by atoms with E-state index in [1.54, 1.807) is 0 Å². The first-order chi connectivity index (χ1) is 7.25. The number of aromatic nitrogens is 4. The first-order valence-electron chi connectivity index (χ1n) is 4.97. The molecule has 1 aromatic rings. The Hall–Kier alpha value is -1.50. The lowest BCUT2D eigenvalue weighted by atomic mass is 10.2. The molecule has 1 aliphatic rings. The maximum Gasteiger partial charge on any atom is 0.244 e. The predicted molar refractivity (Wildman–Crippen MR) is 51.9 cm³/mol. The summed E-state index contributed by atoms with van der Waals surface area (Å²) in [6, 6.07) is 0.358. The first-order valence-corrected chi connectivity index (χ1v) is 4.97. The van der Waals surface area contributed by atoms with Crippen LogP contribution in [0.2, 0.25) is 0 Å². The summed E-state index contributed by atoms with van der Waals surface area (Å²) in [5.74, 6) is 0.0654. The van der Waals surface area contributed by atoms with Gasteiger partial charge < -0.3 is 10.2 Å².